The molecule has 0 saturated heterocycles. The van der Waals surface area contributed by atoms with Crippen LogP contribution >= 0.6 is 0 Å². The Morgan fingerprint density at radius 1 is 1.43 bits per heavy atom. The summed E-state index contributed by atoms with van der Waals surface area (Å²) in [6.07, 6.45) is 6.32. The van der Waals surface area contributed by atoms with Gasteiger partial charge in [-0.05, 0) is 25.5 Å². The van der Waals surface area contributed by atoms with Gasteiger partial charge in [0.25, 0.3) is 0 Å². The summed E-state index contributed by atoms with van der Waals surface area (Å²) in [6.45, 7) is 5.07. The van der Waals surface area contributed by atoms with Crippen LogP contribution in [0.1, 0.15) is 17.0 Å². The van der Waals surface area contributed by atoms with Crippen molar-refractivity contribution in [3.8, 4) is 5.75 Å². The highest BCUT2D eigenvalue weighted by molar-refractivity contribution is 5.86. The predicted molar refractivity (Wildman–Crippen MR) is 80.3 cm³/mol. The molecule has 2 rings (SSSR count). The number of nitrogens with zero attached hydrogens (tertiary/aromatic N) is 2. The normalized spacial score (nSPS) is 11.0. The van der Waals surface area contributed by atoms with Crippen LogP contribution in [0, 0.1) is 13.8 Å². The molecule has 0 aliphatic heterocycles. The van der Waals surface area contributed by atoms with Gasteiger partial charge in [0.2, 0.25) is 0 Å². The number of carbonyl (C=O) groups is 1. The van der Waals surface area contributed by atoms with E-state index in [1.807, 2.05) is 42.8 Å². The molecule has 0 atom stereocenters. The third kappa shape index (κ3) is 3.95. The second kappa shape index (κ2) is 6.74. The first-order chi connectivity index (χ1) is 10.1. The number of carboxylic acids is 1. The molecule has 0 radical (unpaired) electrons. The molecule has 5 nitrogen and oxygen atoms in total. The average Bonchev–Trinajstić information content (AvgIpc) is 2.84. The third-order valence-electron chi connectivity index (χ3n) is 3.15. The van der Waals surface area contributed by atoms with Crippen molar-refractivity contribution < 1.29 is 14.6 Å². The minimum absolute atomic E-state index is 0.496. The molecule has 0 amide bonds. The molecule has 21 heavy (non-hydrogen) atoms. The molecular formula is C16H18N2O3. The molecule has 1 N–H and O–H groups in total. The molecule has 1 heterocycles. The summed E-state index contributed by atoms with van der Waals surface area (Å²) in [4.78, 5) is 14.8. The van der Waals surface area contributed by atoms with Crippen molar-refractivity contribution >= 4 is 12.0 Å². The standard InChI is InChI=1S/C16H18N2O3/c1-12-4-3-5-14(6-7-15(19)20)16(12)21-11-10-18-9-8-17-13(18)2/h3-9H,10-11H2,1-2H3,(H,19,20)/b7-6+. The zero-order valence-electron chi connectivity index (χ0n) is 12.1. The highest BCUT2D eigenvalue weighted by atomic mass is 16.5. The number of imidazole rings is 1. The van der Waals surface area contributed by atoms with Crippen molar-refractivity contribution in [3.05, 3.63) is 53.6 Å². The molecule has 0 aliphatic rings. The van der Waals surface area contributed by atoms with E-state index < -0.39 is 5.97 Å². The van der Waals surface area contributed by atoms with Crippen LogP contribution < -0.4 is 4.74 Å². The third-order valence-corrected chi connectivity index (χ3v) is 3.15. The molecule has 0 aliphatic carbocycles. The summed E-state index contributed by atoms with van der Waals surface area (Å²) in [7, 11) is 0. The number of hydrogen-bond donors (Lipinski definition) is 1. The topological polar surface area (TPSA) is 64.3 Å². The van der Waals surface area contributed by atoms with E-state index in [0.29, 0.717) is 18.9 Å². The number of para-hydroxylation sites is 1. The quantitative estimate of drug-likeness (QED) is 0.829. The minimum atomic E-state index is -0.975. The van der Waals surface area contributed by atoms with Gasteiger partial charge >= 0.3 is 5.97 Å². The van der Waals surface area contributed by atoms with Gasteiger partial charge in [-0.2, -0.15) is 0 Å². The Balaban J connectivity index is 2.08. The largest absolute Gasteiger partial charge is 0.491 e. The fourth-order valence-electron chi connectivity index (χ4n) is 2.05. The van der Waals surface area contributed by atoms with Gasteiger partial charge in [-0.1, -0.05) is 18.2 Å². The van der Waals surface area contributed by atoms with Crippen LogP contribution in [-0.2, 0) is 11.3 Å². The number of ether oxygens (including phenoxy) is 1. The van der Waals surface area contributed by atoms with Crippen molar-refractivity contribution in [2.75, 3.05) is 6.61 Å². The van der Waals surface area contributed by atoms with Crippen molar-refractivity contribution in [3.63, 3.8) is 0 Å². The highest BCUT2D eigenvalue weighted by Crippen LogP contribution is 2.24. The fourth-order valence-corrected chi connectivity index (χ4v) is 2.05. The SMILES string of the molecule is Cc1cccc(/C=C/C(=O)O)c1OCCn1ccnc1C. The molecule has 0 unspecified atom stereocenters. The number of hydrogen-bond acceptors (Lipinski definition) is 3. The summed E-state index contributed by atoms with van der Waals surface area (Å²) in [5, 5.41) is 8.73. The van der Waals surface area contributed by atoms with E-state index in [9.17, 15) is 4.79 Å². The highest BCUT2D eigenvalue weighted by Gasteiger charge is 2.05. The van der Waals surface area contributed by atoms with Crippen molar-refractivity contribution in [1.82, 2.24) is 9.55 Å². The first-order valence-electron chi connectivity index (χ1n) is 6.69. The van der Waals surface area contributed by atoms with Crippen LogP contribution in [0.25, 0.3) is 6.08 Å². The monoisotopic (exact) mass is 286 g/mol. The fraction of sp³-hybridized carbons (Fsp3) is 0.250. The van der Waals surface area contributed by atoms with Crippen LogP contribution in [0.15, 0.2) is 36.7 Å². The maximum atomic E-state index is 10.6. The van der Waals surface area contributed by atoms with E-state index in [0.717, 1.165) is 23.0 Å². The lowest BCUT2D eigenvalue weighted by molar-refractivity contribution is -0.131. The Kier molecular flexibility index (Phi) is 4.77. The van der Waals surface area contributed by atoms with E-state index in [-0.39, 0.29) is 0 Å². The van der Waals surface area contributed by atoms with Crippen LogP contribution in [-0.4, -0.2) is 27.2 Å². The predicted octanol–water partition coefficient (Wildman–Crippen LogP) is 2.68. The number of rotatable bonds is 6. The van der Waals surface area contributed by atoms with E-state index >= 15 is 0 Å². The summed E-state index contributed by atoms with van der Waals surface area (Å²) in [5.74, 6) is 0.679. The number of aromatic nitrogens is 2. The minimum Gasteiger partial charge on any atom is -0.491 e. The van der Waals surface area contributed by atoms with Crippen LogP contribution in [0.4, 0.5) is 0 Å². The van der Waals surface area contributed by atoms with E-state index in [1.54, 1.807) is 12.3 Å². The van der Waals surface area contributed by atoms with E-state index in [4.69, 9.17) is 9.84 Å². The molecule has 110 valence electrons. The summed E-state index contributed by atoms with van der Waals surface area (Å²) in [5.41, 5.74) is 1.74. The second-order valence-electron chi connectivity index (χ2n) is 4.68. The van der Waals surface area contributed by atoms with Gasteiger partial charge in [0.05, 0.1) is 6.54 Å². The molecule has 0 saturated carbocycles. The average molecular weight is 286 g/mol. The first-order valence-corrected chi connectivity index (χ1v) is 6.69. The molecule has 0 spiro atoms. The van der Waals surface area contributed by atoms with Gasteiger partial charge < -0.3 is 14.4 Å². The lowest BCUT2D eigenvalue weighted by Crippen LogP contribution is -2.10. The number of benzene rings is 1. The molecule has 5 heteroatoms. The molecule has 1 aromatic carbocycles. The molecule has 2 aromatic rings. The van der Waals surface area contributed by atoms with Crippen molar-refractivity contribution in [1.29, 1.82) is 0 Å². The van der Waals surface area contributed by atoms with Crippen LogP contribution in [0.5, 0.6) is 5.75 Å². The van der Waals surface area contributed by atoms with Gasteiger partial charge in [-0.3, -0.25) is 0 Å². The second-order valence-corrected chi connectivity index (χ2v) is 4.68. The van der Waals surface area contributed by atoms with Crippen LogP contribution in [0.3, 0.4) is 0 Å². The van der Waals surface area contributed by atoms with Crippen molar-refractivity contribution in [2.45, 2.75) is 20.4 Å². The van der Waals surface area contributed by atoms with Gasteiger partial charge in [0.15, 0.2) is 0 Å². The lowest BCUT2D eigenvalue weighted by atomic mass is 10.1. The number of aryl methyl sites for hydroxylation is 2. The summed E-state index contributed by atoms with van der Waals surface area (Å²) >= 11 is 0. The Hall–Kier alpha value is -2.56. The van der Waals surface area contributed by atoms with E-state index in [1.165, 1.54) is 0 Å². The zero-order chi connectivity index (χ0) is 15.2. The summed E-state index contributed by atoms with van der Waals surface area (Å²) in [6, 6.07) is 5.66. The summed E-state index contributed by atoms with van der Waals surface area (Å²) < 4.78 is 7.84. The van der Waals surface area contributed by atoms with Gasteiger partial charge in [0.1, 0.15) is 18.2 Å². The van der Waals surface area contributed by atoms with Crippen LogP contribution in [0.2, 0.25) is 0 Å². The maximum Gasteiger partial charge on any atom is 0.328 e. The number of carboxylic acid groups (broad SMARTS) is 1. The molecule has 0 fully saturated rings. The smallest absolute Gasteiger partial charge is 0.328 e. The molecule has 1 aromatic heterocycles. The Morgan fingerprint density at radius 2 is 2.24 bits per heavy atom. The zero-order valence-corrected chi connectivity index (χ0v) is 12.1. The molecule has 0 bridgehead atoms. The Bertz CT molecular complexity index is 659. The Labute approximate surface area is 123 Å². The van der Waals surface area contributed by atoms with Gasteiger partial charge in [-0.15, -0.1) is 0 Å². The lowest BCUT2D eigenvalue weighted by Gasteiger charge is -2.13. The first kappa shape index (κ1) is 14.8. The molecular weight excluding hydrogens is 268 g/mol. The Morgan fingerprint density at radius 3 is 2.90 bits per heavy atom. The van der Waals surface area contributed by atoms with Crippen molar-refractivity contribution in [2.24, 2.45) is 0 Å². The number of aliphatic carboxylic acids is 1. The van der Waals surface area contributed by atoms with Gasteiger partial charge in [0, 0.05) is 24.0 Å². The van der Waals surface area contributed by atoms with E-state index in [2.05, 4.69) is 4.98 Å². The maximum absolute atomic E-state index is 10.6. The van der Waals surface area contributed by atoms with Gasteiger partial charge in [-0.25, -0.2) is 9.78 Å².